The summed E-state index contributed by atoms with van der Waals surface area (Å²) < 4.78 is 0. The van der Waals surface area contributed by atoms with Crippen LogP contribution in [0.3, 0.4) is 0 Å². The van der Waals surface area contributed by atoms with E-state index in [0.29, 0.717) is 0 Å². The van der Waals surface area contributed by atoms with E-state index in [0.717, 1.165) is 22.2 Å². The monoisotopic (exact) mass is 221 g/mol. The Hall–Kier alpha value is -1.42. The van der Waals surface area contributed by atoms with E-state index in [1.807, 2.05) is 36.1 Å². The molecule has 15 heavy (non-hydrogen) atoms. The SMILES string of the molecule is CCN1/C(=C\C(=O)O)Sc2ccccc21. The van der Waals surface area contributed by atoms with E-state index < -0.39 is 5.97 Å². The second-order valence-electron chi connectivity index (χ2n) is 3.13. The van der Waals surface area contributed by atoms with Crippen molar-refractivity contribution < 1.29 is 9.90 Å². The molecule has 0 radical (unpaired) electrons. The van der Waals surface area contributed by atoms with E-state index in [4.69, 9.17) is 5.11 Å². The standard InChI is InChI=1S/C11H11NO2S/c1-2-12-8-5-3-4-6-9(8)15-10(12)7-11(13)14/h3-7H,2H2,1H3,(H,13,14)/b10-7+. The van der Waals surface area contributed by atoms with Crippen LogP contribution in [0.5, 0.6) is 0 Å². The Kier molecular flexibility index (Phi) is 2.68. The molecule has 0 saturated heterocycles. The lowest BCUT2D eigenvalue weighted by molar-refractivity contribution is -0.131. The van der Waals surface area contributed by atoms with E-state index >= 15 is 0 Å². The third-order valence-corrected chi connectivity index (χ3v) is 3.31. The normalized spacial score (nSPS) is 16.9. The van der Waals surface area contributed by atoms with Crippen molar-refractivity contribution in [3.63, 3.8) is 0 Å². The average Bonchev–Trinajstić information content (AvgIpc) is 2.53. The van der Waals surface area contributed by atoms with Gasteiger partial charge >= 0.3 is 5.97 Å². The number of hydrogen-bond acceptors (Lipinski definition) is 3. The minimum absolute atomic E-state index is 0.781. The highest BCUT2D eigenvalue weighted by Crippen LogP contribution is 2.45. The molecule has 0 amide bonds. The Morgan fingerprint density at radius 3 is 2.93 bits per heavy atom. The number of hydrogen-bond donors (Lipinski definition) is 1. The number of para-hydroxylation sites is 1. The first-order chi connectivity index (χ1) is 7.22. The maximum Gasteiger partial charge on any atom is 0.330 e. The van der Waals surface area contributed by atoms with Gasteiger partial charge in [0.05, 0.1) is 16.8 Å². The Morgan fingerprint density at radius 2 is 2.27 bits per heavy atom. The molecule has 0 saturated carbocycles. The first-order valence-corrected chi connectivity index (χ1v) is 5.53. The summed E-state index contributed by atoms with van der Waals surface area (Å²) in [6.45, 7) is 2.79. The minimum atomic E-state index is -0.899. The van der Waals surface area contributed by atoms with Crippen LogP contribution in [0.4, 0.5) is 5.69 Å². The smallest absolute Gasteiger partial charge is 0.330 e. The first-order valence-electron chi connectivity index (χ1n) is 4.71. The zero-order valence-electron chi connectivity index (χ0n) is 8.30. The number of fused-ring (bicyclic) bond motifs is 1. The molecule has 0 aromatic heterocycles. The minimum Gasteiger partial charge on any atom is -0.478 e. The molecule has 78 valence electrons. The quantitative estimate of drug-likeness (QED) is 0.779. The lowest BCUT2D eigenvalue weighted by Crippen LogP contribution is -2.17. The third-order valence-electron chi connectivity index (χ3n) is 2.20. The highest BCUT2D eigenvalue weighted by atomic mass is 32.2. The Labute approximate surface area is 92.4 Å². The van der Waals surface area contributed by atoms with Crippen molar-refractivity contribution in [2.24, 2.45) is 0 Å². The van der Waals surface area contributed by atoms with Crippen LogP contribution in [0.1, 0.15) is 6.92 Å². The molecule has 1 aliphatic rings. The number of rotatable bonds is 2. The summed E-state index contributed by atoms with van der Waals surface area (Å²) >= 11 is 1.50. The second-order valence-corrected chi connectivity index (χ2v) is 4.20. The molecule has 2 rings (SSSR count). The predicted octanol–water partition coefficient (Wildman–Crippen LogP) is 2.54. The van der Waals surface area contributed by atoms with E-state index in [1.165, 1.54) is 17.8 Å². The maximum atomic E-state index is 10.7. The van der Waals surface area contributed by atoms with E-state index in [1.54, 1.807) is 0 Å². The summed E-state index contributed by atoms with van der Waals surface area (Å²) in [7, 11) is 0. The van der Waals surface area contributed by atoms with Gasteiger partial charge in [-0.15, -0.1) is 0 Å². The number of anilines is 1. The lowest BCUT2D eigenvalue weighted by atomic mass is 10.3. The largest absolute Gasteiger partial charge is 0.478 e. The van der Waals surface area contributed by atoms with Crippen LogP contribution < -0.4 is 4.90 Å². The maximum absolute atomic E-state index is 10.7. The number of carbonyl (C=O) groups is 1. The number of carboxylic acids is 1. The summed E-state index contributed by atoms with van der Waals surface area (Å²) in [6.07, 6.45) is 1.26. The molecular weight excluding hydrogens is 210 g/mol. The summed E-state index contributed by atoms with van der Waals surface area (Å²) in [5, 5.41) is 9.53. The molecule has 1 heterocycles. The highest BCUT2D eigenvalue weighted by molar-refractivity contribution is 8.03. The van der Waals surface area contributed by atoms with Gasteiger partial charge in [0.15, 0.2) is 0 Å². The van der Waals surface area contributed by atoms with Crippen molar-refractivity contribution in [3.8, 4) is 0 Å². The number of aliphatic carboxylic acids is 1. The topological polar surface area (TPSA) is 40.5 Å². The number of carboxylic acid groups (broad SMARTS) is 1. The van der Waals surface area contributed by atoms with Gasteiger partial charge in [-0.2, -0.15) is 0 Å². The molecule has 0 fully saturated rings. The average molecular weight is 221 g/mol. The third kappa shape index (κ3) is 1.85. The molecule has 1 aliphatic heterocycles. The molecule has 1 N–H and O–H groups in total. The van der Waals surface area contributed by atoms with Crippen molar-refractivity contribution in [1.29, 1.82) is 0 Å². The van der Waals surface area contributed by atoms with Crippen LogP contribution in [0, 0.1) is 0 Å². The molecule has 0 spiro atoms. The molecule has 3 nitrogen and oxygen atoms in total. The van der Waals surface area contributed by atoms with Gasteiger partial charge in [0.1, 0.15) is 0 Å². The van der Waals surface area contributed by atoms with Crippen molar-refractivity contribution in [2.75, 3.05) is 11.4 Å². The summed E-state index contributed by atoms with van der Waals surface area (Å²) in [6, 6.07) is 7.94. The second kappa shape index (κ2) is 3.98. The predicted molar refractivity (Wildman–Crippen MR) is 61.0 cm³/mol. The van der Waals surface area contributed by atoms with Gasteiger partial charge < -0.3 is 10.0 Å². The van der Waals surface area contributed by atoms with E-state index in [9.17, 15) is 4.79 Å². The Morgan fingerprint density at radius 1 is 1.53 bits per heavy atom. The lowest BCUT2D eigenvalue weighted by Gasteiger charge is -2.17. The van der Waals surface area contributed by atoms with Crippen LogP contribution >= 0.6 is 11.8 Å². The highest BCUT2D eigenvalue weighted by Gasteiger charge is 2.23. The fourth-order valence-electron chi connectivity index (χ4n) is 1.59. The molecule has 1 aromatic rings. The fourth-order valence-corrected chi connectivity index (χ4v) is 2.74. The van der Waals surface area contributed by atoms with Gasteiger partial charge in [-0.1, -0.05) is 23.9 Å². The number of benzene rings is 1. The van der Waals surface area contributed by atoms with Gasteiger partial charge in [0.2, 0.25) is 0 Å². The number of nitrogens with zero attached hydrogens (tertiary/aromatic N) is 1. The molecule has 0 bridgehead atoms. The molecular formula is C11H11NO2S. The van der Waals surface area contributed by atoms with E-state index in [2.05, 4.69) is 0 Å². The molecule has 0 aliphatic carbocycles. The van der Waals surface area contributed by atoms with Gasteiger partial charge in [-0.25, -0.2) is 4.79 Å². The Balaban J connectivity index is 2.41. The molecule has 1 aromatic carbocycles. The van der Waals surface area contributed by atoms with Gasteiger partial charge in [-0.3, -0.25) is 0 Å². The van der Waals surface area contributed by atoms with Crippen LogP contribution in [0.25, 0.3) is 0 Å². The van der Waals surface area contributed by atoms with Crippen LogP contribution in [-0.4, -0.2) is 17.6 Å². The van der Waals surface area contributed by atoms with Gasteiger partial charge in [0, 0.05) is 11.4 Å². The molecule has 0 unspecified atom stereocenters. The zero-order valence-corrected chi connectivity index (χ0v) is 9.12. The summed E-state index contributed by atoms with van der Waals surface area (Å²) in [4.78, 5) is 13.8. The summed E-state index contributed by atoms with van der Waals surface area (Å²) in [5.41, 5.74) is 1.09. The molecule has 4 heteroatoms. The van der Waals surface area contributed by atoms with Crippen molar-refractivity contribution >= 4 is 23.4 Å². The van der Waals surface area contributed by atoms with Crippen LogP contribution in [0.2, 0.25) is 0 Å². The van der Waals surface area contributed by atoms with Crippen molar-refractivity contribution in [3.05, 3.63) is 35.4 Å². The Bertz CT molecular complexity index is 428. The van der Waals surface area contributed by atoms with Gasteiger partial charge in [-0.05, 0) is 19.1 Å². The van der Waals surface area contributed by atoms with Crippen molar-refractivity contribution in [2.45, 2.75) is 11.8 Å². The van der Waals surface area contributed by atoms with Crippen molar-refractivity contribution in [1.82, 2.24) is 0 Å². The summed E-state index contributed by atoms with van der Waals surface area (Å²) in [5.74, 6) is -0.899. The first kappa shape index (κ1) is 10.1. The number of thioether (sulfide) groups is 1. The van der Waals surface area contributed by atoms with Gasteiger partial charge in [0.25, 0.3) is 0 Å². The molecule has 0 atom stereocenters. The van der Waals surface area contributed by atoms with E-state index in [-0.39, 0.29) is 0 Å². The van der Waals surface area contributed by atoms with Crippen LogP contribution in [-0.2, 0) is 4.79 Å². The zero-order chi connectivity index (χ0) is 10.8. The van der Waals surface area contributed by atoms with Crippen LogP contribution in [0.15, 0.2) is 40.3 Å². The fraction of sp³-hybridized carbons (Fsp3) is 0.182.